The number of amides is 2. The van der Waals surface area contributed by atoms with Crippen molar-refractivity contribution >= 4 is 52.5 Å². The van der Waals surface area contributed by atoms with E-state index in [4.69, 9.17) is 25.5 Å². The van der Waals surface area contributed by atoms with Crippen molar-refractivity contribution in [2.45, 2.75) is 13.8 Å². The van der Waals surface area contributed by atoms with Crippen LogP contribution in [-0.2, 0) is 9.53 Å². The van der Waals surface area contributed by atoms with Gasteiger partial charge in [0, 0.05) is 17.3 Å². The van der Waals surface area contributed by atoms with Gasteiger partial charge >= 0.3 is 5.97 Å². The number of benzene rings is 3. The van der Waals surface area contributed by atoms with E-state index in [9.17, 15) is 14.4 Å². The fourth-order valence-electron chi connectivity index (χ4n) is 4.29. The second-order valence-electron chi connectivity index (χ2n) is 9.21. The molecule has 0 atom stereocenters. The Kier molecular flexibility index (Phi) is 8.21. The van der Waals surface area contributed by atoms with Crippen molar-refractivity contribution in [1.82, 2.24) is 0 Å². The zero-order valence-electron chi connectivity index (χ0n) is 23.0. The van der Waals surface area contributed by atoms with E-state index >= 15 is 0 Å². The van der Waals surface area contributed by atoms with Gasteiger partial charge in [0.1, 0.15) is 17.3 Å². The van der Waals surface area contributed by atoms with Gasteiger partial charge in [-0.15, -0.1) is 0 Å². The second-order valence-corrected chi connectivity index (χ2v) is 9.62. The van der Waals surface area contributed by atoms with Gasteiger partial charge in [-0.1, -0.05) is 17.7 Å². The van der Waals surface area contributed by atoms with Crippen LogP contribution in [0.1, 0.15) is 40.3 Å². The molecule has 0 bridgehead atoms. The summed E-state index contributed by atoms with van der Waals surface area (Å²) in [7, 11) is 1.55. The number of halogens is 1. The number of esters is 1. The van der Waals surface area contributed by atoms with Crippen LogP contribution in [0, 0.1) is 0 Å². The van der Waals surface area contributed by atoms with Gasteiger partial charge in [0.15, 0.2) is 0 Å². The first-order valence-corrected chi connectivity index (χ1v) is 13.4. The Labute approximate surface area is 247 Å². The third-order valence-corrected chi connectivity index (χ3v) is 6.75. The summed E-state index contributed by atoms with van der Waals surface area (Å²) in [5.41, 5.74) is 3.23. The maximum atomic E-state index is 13.2. The number of nitrogens with zero attached hydrogens (tertiary/aromatic N) is 2. The van der Waals surface area contributed by atoms with Crippen LogP contribution in [0.4, 0.5) is 11.4 Å². The summed E-state index contributed by atoms with van der Waals surface area (Å²) in [5.74, 6) is 0.372. The lowest BCUT2D eigenvalue weighted by molar-refractivity contribution is -0.114. The summed E-state index contributed by atoms with van der Waals surface area (Å²) in [4.78, 5) is 38.1. The van der Waals surface area contributed by atoms with Gasteiger partial charge in [0.25, 0.3) is 11.8 Å². The van der Waals surface area contributed by atoms with Crippen LogP contribution in [0.5, 0.6) is 5.75 Å². The van der Waals surface area contributed by atoms with Crippen molar-refractivity contribution < 1.29 is 28.3 Å². The van der Waals surface area contributed by atoms with E-state index in [1.165, 1.54) is 5.01 Å². The van der Waals surface area contributed by atoms with Crippen molar-refractivity contribution in [2.75, 3.05) is 24.0 Å². The normalized spacial score (nSPS) is 13.7. The van der Waals surface area contributed by atoms with Crippen molar-refractivity contribution in [1.29, 1.82) is 0 Å². The maximum Gasteiger partial charge on any atom is 0.338 e. The zero-order valence-corrected chi connectivity index (χ0v) is 23.8. The molecule has 4 aromatic rings. The molecule has 3 aromatic carbocycles. The van der Waals surface area contributed by atoms with Crippen molar-refractivity contribution in [2.24, 2.45) is 5.10 Å². The van der Waals surface area contributed by atoms with Crippen LogP contribution in [0.2, 0.25) is 5.02 Å². The van der Waals surface area contributed by atoms with Gasteiger partial charge in [-0.2, -0.15) is 10.1 Å². The van der Waals surface area contributed by atoms with Crippen LogP contribution < -0.4 is 15.1 Å². The molecule has 2 heterocycles. The quantitative estimate of drug-likeness (QED) is 0.179. The molecule has 0 saturated heterocycles. The summed E-state index contributed by atoms with van der Waals surface area (Å²) in [5, 5.41) is 8.77. The average molecular weight is 584 g/mol. The Bertz CT molecular complexity index is 1740. The Morgan fingerprint density at radius 1 is 1.05 bits per heavy atom. The molecule has 42 heavy (non-hydrogen) atoms. The molecule has 212 valence electrons. The fourth-order valence-corrected chi connectivity index (χ4v) is 4.50. The fraction of sp³-hybridized carbons (Fsp3) is 0.125. The number of ether oxygens (including phenoxy) is 2. The van der Waals surface area contributed by atoms with Gasteiger partial charge in [-0.05, 0) is 86.7 Å². The van der Waals surface area contributed by atoms with E-state index in [2.05, 4.69) is 10.4 Å². The lowest BCUT2D eigenvalue weighted by Gasteiger charge is -2.12. The molecule has 1 N–H and O–H groups in total. The van der Waals surface area contributed by atoms with Crippen molar-refractivity contribution in [3.05, 3.63) is 106 Å². The third kappa shape index (κ3) is 5.96. The number of carbonyl (C=O) groups excluding carboxylic acids is 3. The minimum absolute atomic E-state index is 0.270. The number of hydrogen-bond acceptors (Lipinski definition) is 7. The highest BCUT2D eigenvalue weighted by molar-refractivity contribution is 6.34. The molecule has 0 fully saturated rings. The third-order valence-electron chi connectivity index (χ3n) is 6.42. The van der Waals surface area contributed by atoms with Crippen LogP contribution in [0.3, 0.4) is 0 Å². The maximum absolute atomic E-state index is 13.2. The molecule has 0 aliphatic carbocycles. The summed E-state index contributed by atoms with van der Waals surface area (Å²) in [6, 6.07) is 21.9. The highest BCUT2D eigenvalue weighted by Gasteiger charge is 2.29. The molecule has 0 spiro atoms. The number of hydrazone groups is 1. The van der Waals surface area contributed by atoms with Crippen LogP contribution >= 0.6 is 11.6 Å². The molecular weight excluding hydrogens is 558 g/mol. The number of carbonyl (C=O) groups is 3. The highest BCUT2D eigenvalue weighted by Crippen LogP contribution is 2.30. The van der Waals surface area contributed by atoms with Gasteiger partial charge < -0.3 is 19.2 Å². The number of hydrogen-bond donors (Lipinski definition) is 1. The molecule has 2 amide bonds. The smallest absolute Gasteiger partial charge is 0.338 e. The van der Waals surface area contributed by atoms with E-state index in [0.717, 1.165) is 0 Å². The van der Waals surface area contributed by atoms with Gasteiger partial charge in [-0.25, -0.2) is 4.79 Å². The molecule has 1 aliphatic heterocycles. The van der Waals surface area contributed by atoms with Crippen molar-refractivity contribution in [3.8, 4) is 17.1 Å². The summed E-state index contributed by atoms with van der Waals surface area (Å²) < 4.78 is 16.2. The van der Waals surface area contributed by atoms with E-state index < -0.39 is 5.97 Å². The topological polar surface area (TPSA) is 110 Å². The Morgan fingerprint density at radius 3 is 2.57 bits per heavy atom. The van der Waals surface area contributed by atoms with Crippen LogP contribution in [0.25, 0.3) is 17.4 Å². The summed E-state index contributed by atoms with van der Waals surface area (Å²) >= 11 is 6.35. The summed E-state index contributed by atoms with van der Waals surface area (Å²) in [6.07, 6.45) is 1.62. The number of rotatable bonds is 8. The van der Waals surface area contributed by atoms with Gasteiger partial charge in [0.05, 0.1) is 46.8 Å². The van der Waals surface area contributed by atoms with Gasteiger partial charge in [0.2, 0.25) is 0 Å². The molecule has 10 heteroatoms. The number of nitrogens with one attached hydrogen (secondary N) is 1. The molecule has 1 aliphatic rings. The minimum Gasteiger partial charge on any atom is -0.497 e. The van der Waals surface area contributed by atoms with Crippen LogP contribution in [-0.4, -0.2) is 37.2 Å². The lowest BCUT2D eigenvalue weighted by Crippen LogP contribution is -2.21. The number of furan rings is 1. The first-order chi connectivity index (χ1) is 20.3. The van der Waals surface area contributed by atoms with Gasteiger partial charge in [-0.3, -0.25) is 9.59 Å². The standard InChI is InChI=1S/C32H26ClN3O6/c1-4-41-32(39)20-8-11-23(12-9-20)36-31(38)26(19(2)35-36)18-25-13-15-29(42-25)21-10-14-28(33)27(16-21)30(37)34-22-6-5-7-24(17-22)40-3/h5-18H,4H2,1-3H3,(H,34,37)/b26-18-. The molecule has 5 rings (SSSR count). The first-order valence-electron chi connectivity index (χ1n) is 13.0. The van der Waals surface area contributed by atoms with E-state index in [-0.39, 0.29) is 29.0 Å². The molecule has 0 radical (unpaired) electrons. The minimum atomic E-state index is -0.434. The van der Waals surface area contributed by atoms with Crippen LogP contribution in [0.15, 0.2) is 94.0 Å². The molecule has 9 nitrogen and oxygen atoms in total. The highest BCUT2D eigenvalue weighted by atomic mass is 35.5. The largest absolute Gasteiger partial charge is 0.497 e. The predicted molar refractivity (Wildman–Crippen MR) is 161 cm³/mol. The zero-order chi connectivity index (χ0) is 29.8. The Hall–Kier alpha value is -5.15. The molecule has 0 saturated carbocycles. The Balaban J connectivity index is 1.33. The lowest BCUT2D eigenvalue weighted by atomic mass is 10.1. The second kappa shape index (κ2) is 12.2. The number of methoxy groups -OCH3 is 1. The Morgan fingerprint density at radius 2 is 1.83 bits per heavy atom. The number of anilines is 2. The molecular formula is C32H26ClN3O6. The first kappa shape index (κ1) is 28.4. The molecule has 1 aromatic heterocycles. The van der Waals surface area contributed by atoms with E-state index in [0.29, 0.717) is 51.1 Å². The van der Waals surface area contributed by atoms with E-state index in [1.54, 1.807) is 106 Å². The predicted octanol–water partition coefficient (Wildman–Crippen LogP) is 6.84. The van der Waals surface area contributed by atoms with Crippen molar-refractivity contribution in [3.63, 3.8) is 0 Å². The average Bonchev–Trinajstić information content (AvgIpc) is 3.58. The monoisotopic (exact) mass is 583 g/mol. The SMILES string of the molecule is CCOC(=O)c1ccc(N2N=C(C)/C(=C/c3ccc(-c4ccc(Cl)c(C(=O)Nc5cccc(OC)c5)c4)o3)C2=O)cc1. The van der Waals surface area contributed by atoms with E-state index in [1.807, 2.05) is 0 Å². The molecule has 0 unspecified atom stereocenters. The summed E-state index contributed by atoms with van der Waals surface area (Å²) in [6.45, 7) is 3.74.